The molecule has 0 saturated carbocycles. The van der Waals surface area contributed by atoms with E-state index in [1.54, 1.807) is 6.33 Å². The fourth-order valence-electron chi connectivity index (χ4n) is 1.97. The molecule has 1 aliphatic rings. The molecule has 2 N–H and O–H groups in total. The Hall–Kier alpha value is -2.08. The topological polar surface area (TPSA) is 75.2 Å². The Morgan fingerprint density at radius 1 is 1.28 bits per heavy atom. The van der Waals surface area contributed by atoms with Gasteiger partial charge in [0.05, 0.1) is 6.54 Å². The second kappa shape index (κ2) is 4.66. The minimum atomic E-state index is 0.295. The SMILES string of the molecule is NCCc1nncn1Cc1ccc2c(c1)OCO2. The summed E-state index contributed by atoms with van der Waals surface area (Å²) in [6, 6.07) is 5.92. The zero-order valence-corrected chi connectivity index (χ0v) is 9.87. The summed E-state index contributed by atoms with van der Waals surface area (Å²) < 4.78 is 12.6. The van der Waals surface area contributed by atoms with Crippen LogP contribution in [0.5, 0.6) is 11.5 Å². The molecule has 1 aromatic carbocycles. The van der Waals surface area contributed by atoms with Crippen molar-refractivity contribution in [2.75, 3.05) is 13.3 Å². The van der Waals surface area contributed by atoms with Crippen molar-refractivity contribution < 1.29 is 9.47 Å². The van der Waals surface area contributed by atoms with E-state index in [-0.39, 0.29) is 0 Å². The smallest absolute Gasteiger partial charge is 0.231 e. The molecule has 1 aliphatic heterocycles. The average molecular weight is 246 g/mol. The van der Waals surface area contributed by atoms with Crippen LogP contribution in [0.4, 0.5) is 0 Å². The molecule has 1 aromatic heterocycles. The molecule has 0 atom stereocenters. The Kier molecular flexibility index (Phi) is 2.85. The van der Waals surface area contributed by atoms with Gasteiger partial charge in [0, 0.05) is 6.42 Å². The molecular formula is C12H14N4O2. The van der Waals surface area contributed by atoms with Crippen LogP contribution in [0.25, 0.3) is 0 Å². The van der Waals surface area contributed by atoms with Crippen molar-refractivity contribution >= 4 is 0 Å². The Labute approximate surface area is 104 Å². The molecule has 3 rings (SSSR count). The minimum absolute atomic E-state index is 0.295. The van der Waals surface area contributed by atoms with Gasteiger partial charge < -0.3 is 19.8 Å². The van der Waals surface area contributed by atoms with Crippen LogP contribution in [-0.2, 0) is 13.0 Å². The van der Waals surface area contributed by atoms with Crippen molar-refractivity contribution in [1.82, 2.24) is 14.8 Å². The van der Waals surface area contributed by atoms with Crippen LogP contribution in [0.15, 0.2) is 24.5 Å². The van der Waals surface area contributed by atoms with Crippen LogP contribution in [0.3, 0.4) is 0 Å². The number of aromatic nitrogens is 3. The van der Waals surface area contributed by atoms with E-state index in [2.05, 4.69) is 10.2 Å². The van der Waals surface area contributed by atoms with E-state index in [0.717, 1.165) is 29.3 Å². The van der Waals surface area contributed by atoms with Gasteiger partial charge in [0.1, 0.15) is 12.2 Å². The van der Waals surface area contributed by atoms with Crippen molar-refractivity contribution in [3.05, 3.63) is 35.9 Å². The molecule has 2 aromatic rings. The van der Waals surface area contributed by atoms with Gasteiger partial charge in [0.15, 0.2) is 11.5 Å². The summed E-state index contributed by atoms with van der Waals surface area (Å²) >= 11 is 0. The fraction of sp³-hybridized carbons (Fsp3) is 0.333. The van der Waals surface area contributed by atoms with Gasteiger partial charge in [-0.1, -0.05) is 6.07 Å². The first-order chi connectivity index (χ1) is 8.86. The molecule has 0 fully saturated rings. The van der Waals surface area contributed by atoms with Gasteiger partial charge in [0.25, 0.3) is 0 Å². The Balaban J connectivity index is 1.81. The molecular weight excluding hydrogens is 232 g/mol. The van der Waals surface area contributed by atoms with E-state index in [1.165, 1.54) is 0 Å². The number of hydrogen-bond acceptors (Lipinski definition) is 5. The molecule has 2 heterocycles. The van der Waals surface area contributed by atoms with E-state index in [9.17, 15) is 0 Å². The maximum atomic E-state index is 5.54. The maximum Gasteiger partial charge on any atom is 0.231 e. The van der Waals surface area contributed by atoms with Crippen LogP contribution in [0.2, 0.25) is 0 Å². The van der Waals surface area contributed by atoms with E-state index in [4.69, 9.17) is 15.2 Å². The number of benzene rings is 1. The molecule has 18 heavy (non-hydrogen) atoms. The van der Waals surface area contributed by atoms with E-state index < -0.39 is 0 Å². The van der Waals surface area contributed by atoms with Gasteiger partial charge in [-0.2, -0.15) is 0 Å². The molecule has 6 nitrogen and oxygen atoms in total. The maximum absolute atomic E-state index is 5.54. The zero-order valence-electron chi connectivity index (χ0n) is 9.87. The fourth-order valence-corrected chi connectivity index (χ4v) is 1.97. The highest BCUT2D eigenvalue weighted by Gasteiger charge is 2.13. The second-order valence-corrected chi connectivity index (χ2v) is 4.10. The first-order valence-electron chi connectivity index (χ1n) is 5.82. The molecule has 0 aliphatic carbocycles. The summed E-state index contributed by atoms with van der Waals surface area (Å²) in [5, 5.41) is 7.96. The molecule has 6 heteroatoms. The van der Waals surface area contributed by atoms with Crippen LogP contribution >= 0.6 is 0 Å². The van der Waals surface area contributed by atoms with Crippen molar-refractivity contribution in [3.8, 4) is 11.5 Å². The largest absolute Gasteiger partial charge is 0.454 e. The third kappa shape index (κ3) is 2.02. The predicted molar refractivity (Wildman–Crippen MR) is 64.4 cm³/mol. The lowest BCUT2D eigenvalue weighted by Crippen LogP contribution is -2.10. The van der Waals surface area contributed by atoms with Crippen molar-refractivity contribution in [2.45, 2.75) is 13.0 Å². The lowest BCUT2D eigenvalue weighted by molar-refractivity contribution is 0.174. The lowest BCUT2D eigenvalue weighted by atomic mass is 10.2. The highest BCUT2D eigenvalue weighted by atomic mass is 16.7. The van der Waals surface area contributed by atoms with E-state index in [1.807, 2.05) is 22.8 Å². The van der Waals surface area contributed by atoms with Gasteiger partial charge in [-0.25, -0.2) is 0 Å². The number of rotatable bonds is 4. The third-order valence-electron chi connectivity index (χ3n) is 2.85. The predicted octanol–water partition coefficient (Wildman–Crippen LogP) is 0.556. The van der Waals surface area contributed by atoms with Crippen molar-refractivity contribution in [1.29, 1.82) is 0 Å². The van der Waals surface area contributed by atoms with Crippen molar-refractivity contribution in [3.63, 3.8) is 0 Å². The quantitative estimate of drug-likeness (QED) is 0.853. The first kappa shape index (κ1) is 11.0. The Morgan fingerprint density at radius 3 is 3.06 bits per heavy atom. The van der Waals surface area contributed by atoms with E-state index >= 15 is 0 Å². The van der Waals surface area contributed by atoms with E-state index in [0.29, 0.717) is 19.9 Å². The Morgan fingerprint density at radius 2 is 2.17 bits per heavy atom. The summed E-state index contributed by atoms with van der Waals surface area (Å²) in [6.07, 6.45) is 2.44. The van der Waals surface area contributed by atoms with Crippen LogP contribution in [0, 0.1) is 0 Å². The normalized spacial score (nSPS) is 12.9. The van der Waals surface area contributed by atoms with Crippen LogP contribution in [0.1, 0.15) is 11.4 Å². The lowest BCUT2D eigenvalue weighted by Gasteiger charge is -2.06. The minimum Gasteiger partial charge on any atom is -0.454 e. The van der Waals surface area contributed by atoms with Crippen LogP contribution < -0.4 is 15.2 Å². The molecule has 0 amide bonds. The molecule has 0 unspecified atom stereocenters. The monoisotopic (exact) mass is 246 g/mol. The number of nitrogens with two attached hydrogens (primary N) is 1. The average Bonchev–Trinajstić information content (AvgIpc) is 2.99. The highest BCUT2D eigenvalue weighted by molar-refractivity contribution is 5.44. The standard InChI is InChI=1S/C12H14N4O2/c13-4-3-12-15-14-7-16(12)6-9-1-2-10-11(5-9)18-8-17-10/h1-2,5,7H,3-4,6,8,13H2. The molecule has 0 saturated heterocycles. The van der Waals surface area contributed by atoms with Crippen molar-refractivity contribution in [2.24, 2.45) is 5.73 Å². The number of ether oxygens (including phenoxy) is 2. The number of nitrogens with zero attached hydrogens (tertiary/aromatic N) is 3. The summed E-state index contributed by atoms with van der Waals surface area (Å²) in [4.78, 5) is 0. The van der Waals surface area contributed by atoms with Crippen LogP contribution in [-0.4, -0.2) is 28.1 Å². The molecule has 0 radical (unpaired) electrons. The van der Waals surface area contributed by atoms with Gasteiger partial charge in [-0.05, 0) is 24.2 Å². The Bertz CT molecular complexity index is 553. The summed E-state index contributed by atoms with van der Waals surface area (Å²) in [6.45, 7) is 1.57. The first-order valence-corrected chi connectivity index (χ1v) is 5.82. The zero-order chi connectivity index (χ0) is 12.4. The highest BCUT2D eigenvalue weighted by Crippen LogP contribution is 2.32. The summed E-state index contributed by atoms with van der Waals surface area (Å²) in [5.74, 6) is 2.49. The third-order valence-corrected chi connectivity index (χ3v) is 2.85. The second-order valence-electron chi connectivity index (χ2n) is 4.10. The molecule has 0 spiro atoms. The van der Waals surface area contributed by atoms with Gasteiger partial charge in [0.2, 0.25) is 6.79 Å². The molecule has 94 valence electrons. The summed E-state index contributed by atoms with van der Waals surface area (Å²) in [7, 11) is 0. The number of hydrogen-bond donors (Lipinski definition) is 1. The van der Waals surface area contributed by atoms with Gasteiger partial charge in [-0.15, -0.1) is 10.2 Å². The summed E-state index contributed by atoms with van der Waals surface area (Å²) in [5.41, 5.74) is 6.66. The number of fused-ring (bicyclic) bond motifs is 1. The molecule has 0 bridgehead atoms. The van der Waals surface area contributed by atoms with Gasteiger partial charge in [-0.3, -0.25) is 0 Å². The van der Waals surface area contributed by atoms with Gasteiger partial charge >= 0.3 is 0 Å².